The van der Waals surface area contributed by atoms with Crippen molar-refractivity contribution in [3.05, 3.63) is 22.7 Å². The number of nitrogens with zero attached hydrogens (tertiary/aromatic N) is 1. The average molecular weight is 331 g/mol. The molecule has 5 heteroatoms. The second-order valence-electron chi connectivity index (χ2n) is 6.41. The minimum absolute atomic E-state index is 0.0347. The van der Waals surface area contributed by atoms with Gasteiger partial charge >= 0.3 is 0 Å². The number of carbonyl (C=O) groups is 1. The van der Waals surface area contributed by atoms with E-state index < -0.39 is 0 Å². The lowest BCUT2D eigenvalue weighted by molar-refractivity contribution is 0.0932. The molecule has 0 bridgehead atoms. The third-order valence-corrected chi connectivity index (χ3v) is 5.70. The highest BCUT2D eigenvalue weighted by atomic mass is 32.1. The van der Waals surface area contributed by atoms with E-state index in [1.165, 1.54) is 30.6 Å². The number of fused-ring (bicyclic) bond motifs is 1. The summed E-state index contributed by atoms with van der Waals surface area (Å²) in [5.41, 5.74) is 7.86. The Kier molecular flexibility index (Phi) is 5.16. The summed E-state index contributed by atoms with van der Waals surface area (Å²) >= 11 is 1.42. The number of nitrogens with one attached hydrogen (secondary N) is 1. The molecule has 3 N–H and O–H groups in total. The van der Waals surface area contributed by atoms with Gasteiger partial charge in [0.05, 0.1) is 5.69 Å². The van der Waals surface area contributed by atoms with Crippen LogP contribution >= 0.6 is 11.3 Å². The van der Waals surface area contributed by atoms with E-state index in [0.717, 1.165) is 48.0 Å². The zero-order valence-corrected chi connectivity index (χ0v) is 14.5. The van der Waals surface area contributed by atoms with Crippen LogP contribution in [0.1, 0.15) is 67.2 Å². The number of carbonyl (C=O) groups excluding carboxylic acids is 1. The van der Waals surface area contributed by atoms with Gasteiger partial charge in [0.15, 0.2) is 0 Å². The Labute approximate surface area is 141 Å². The molecule has 0 spiro atoms. The van der Waals surface area contributed by atoms with Crippen molar-refractivity contribution >= 4 is 33.1 Å². The molecule has 1 amide bonds. The molecular formula is C18H25N3OS. The Bertz CT molecular complexity index is 689. The van der Waals surface area contributed by atoms with Crippen LogP contribution in [0.4, 0.5) is 5.69 Å². The number of anilines is 1. The minimum atomic E-state index is -0.0347. The normalized spacial score (nSPS) is 15.9. The second kappa shape index (κ2) is 7.30. The Balaban J connectivity index is 1.79. The number of aromatic nitrogens is 1. The monoisotopic (exact) mass is 331 g/mol. The van der Waals surface area contributed by atoms with Gasteiger partial charge in [0.1, 0.15) is 9.71 Å². The van der Waals surface area contributed by atoms with Crippen LogP contribution in [0.3, 0.4) is 0 Å². The molecule has 0 radical (unpaired) electrons. The van der Waals surface area contributed by atoms with Gasteiger partial charge in [-0.25, -0.2) is 4.98 Å². The first kappa shape index (κ1) is 16.2. The van der Waals surface area contributed by atoms with E-state index in [4.69, 9.17) is 5.73 Å². The van der Waals surface area contributed by atoms with Gasteiger partial charge in [0, 0.05) is 17.1 Å². The SMILES string of the molecule is CCCCc1ccc2c(N)c(C(=O)NC3CCCCC3)sc2n1. The highest BCUT2D eigenvalue weighted by molar-refractivity contribution is 7.21. The van der Waals surface area contributed by atoms with Gasteiger partial charge in [0.2, 0.25) is 0 Å². The molecule has 0 aromatic carbocycles. The Morgan fingerprint density at radius 2 is 2.13 bits per heavy atom. The predicted octanol–water partition coefficient (Wildman–Crippen LogP) is 4.28. The largest absolute Gasteiger partial charge is 0.397 e. The van der Waals surface area contributed by atoms with Gasteiger partial charge in [-0.05, 0) is 37.8 Å². The molecule has 23 heavy (non-hydrogen) atoms. The van der Waals surface area contributed by atoms with Crippen LogP contribution in [-0.2, 0) is 6.42 Å². The lowest BCUT2D eigenvalue weighted by atomic mass is 9.95. The number of thiophene rings is 1. The first-order valence-electron chi connectivity index (χ1n) is 8.67. The van der Waals surface area contributed by atoms with Crippen molar-refractivity contribution in [3.63, 3.8) is 0 Å². The van der Waals surface area contributed by atoms with Crippen molar-refractivity contribution in [2.45, 2.75) is 64.3 Å². The zero-order valence-electron chi connectivity index (χ0n) is 13.7. The van der Waals surface area contributed by atoms with Gasteiger partial charge in [-0.2, -0.15) is 0 Å². The summed E-state index contributed by atoms with van der Waals surface area (Å²) in [5, 5.41) is 4.06. The predicted molar refractivity (Wildman–Crippen MR) is 97.0 cm³/mol. The number of nitrogens with two attached hydrogens (primary N) is 1. The van der Waals surface area contributed by atoms with Crippen LogP contribution in [0, 0.1) is 0 Å². The van der Waals surface area contributed by atoms with E-state index in [1.54, 1.807) is 0 Å². The van der Waals surface area contributed by atoms with E-state index >= 15 is 0 Å². The van der Waals surface area contributed by atoms with Crippen molar-refractivity contribution in [1.82, 2.24) is 10.3 Å². The zero-order chi connectivity index (χ0) is 16.2. The molecule has 2 aromatic heterocycles. The number of hydrogen-bond donors (Lipinski definition) is 2. The third-order valence-electron chi connectivity index (χ3n) is 4.58. The van der Waals surface area contributed by atoms with Gasteiger partial charge in [-0.3, -0.25) is 4.79 Å². The number of aryl methyl sites for hydroxylation is 1. The van der Waals surface area contributed by atoms with Crippen molar-refractivity contribution in [3.8, 4) is 0 Å². The van der Waals surface area contributed by atoms with Gasteiger partial charge < -0.3 is 11.1 Å². The summed E-state index contributed by atoms with van der Waals surface area (Å²) in [7, 11) is 0. The quantitative estimate of drug-likeness (QED) is 0.859. The number of unbranched alkanes of at least 4 members (excludes halogenated alkanes) is 1. The first-order chi connectivity index (χ1) is 11.2. The molecule has 124 valence electrons. The second-order valence-corrected chi connectivity index (χ2v) is 7.41. The molecule has 3 rings (SSSR count). The number of hydrogen-bond acceptors (Lipinski definition) is 4. The van der Waals surface area contributed by atoms with Crippen molar-refractivity contribution < 1.29 is 4.79 Å². The molecule has 2 aromatic rings. The molecule has 0 saturated heterocycles. The summed E-state index contributed by atoms with van der Waals surface area (Å²) in [5.74, 6) is -0.0347. The summed E-state index contributed by atoms with van der Waals surface area (Å²) in [6.07, 6.45) is 9.11. The highest BCUT2D eigenvalue weighted by Crippen LogP contribution is 2.33. The molecule has 2 heterocycles. The maximum Gasteiger partial charge on any atom is 0.263 e. The number of rotatable bonds is 5. The lowest BCUT2D eigenvalue weighted by Gasteiger charge is -2.22. The number of amides is 1. The fraction of sp³-hybridized carbons (Fsp3) is 0.556. The molecule has 4 nitrogen and oxygen atoms in total. The van der Waals surface area contributed by atoms with Gasteiger partial charge in [-0.1, -0.05) is 32.6 Å². The molecule has 0 atom stereocenters. The number of pyridine rings is 1. The van der Waals surface area contributed by atoms with Crippen molar-refractivity contribution in [1.29, 1.82) is 0 Å². The molecular weight excluding hydrogens is 306 g/mol. The standard InChI is InChI=1S/C18H25N3OS/c1-2-3-7-13-10-11-14-15(19)16(23-18(14)21-13)17(22)20-12-8-5-4-6-9-12/h10-12H,2-9,19H2,1H3,(H,20,22). The van der Waals surface area contributed by atoms with Crippen molar-refractivity contribution in [2.24, 2.45) is 0 Å². The van der Waals surface area contributed by atoms with Crippen LogP contribution in [0.15, 0.2) is 12.1 Å². The van der Waals surface area contributed by atoms with E-state index in [1.807, 2.05) is 12.1 Å². The van der Waals surface area contributed by atoms with Gasteiger partial charge in [-0.15, -0.1) is 11.3 Å². The Morgan fingerprint density at radius 1 is 1.35 bits per heavy atom. The van der Waals surface area contributed by atoms with Crippen LogP contribution < -0.4 is 11.1 Å². The fourth-order valence-electron chi connectivity index (χ4n) is 3.20. The third kappa shape index (κ3) is 3.66. The Morgan fingerprint density at radius 3 is 2.87 bits per heavy atom. The van der Waals surface area contributed by atoms with Crippen LogP contribution in [0.2, 0.25) is 0 Å². The van der Waals surface area contributed by atoms with E-state index in [0.29, 0.717) is 16.6 Å². The van der Waals surface area contributed by atoms with E-state index in [9.17, 15) is 4.79 Å². The van der Waals surface area contributed by atoms with Gasteiger partial charge in [0.25, 0.3) is 5.91 Å². The molecule has 0 unspecified atom stereocenters. The summed E-state index contributed by atoms with van der Waals surface area (Å²) in [4.78, 5) is 18.7. The van der Waals surface area contributed by atoms with Crippen LogP contribution in [-0.4, -0.2) is 16.9 Å². The average Bonchev–Trinajstić information content (AvgIpc) is 2.90. The fourth-order valence-corrected chi connectivity index (χ4v) is 4.21. The maximum absolute atomic E-state index is 12.6. The molecule has 1 aliphatic rings. The Hall–Kier alpha value is -1.62. The first-order valence-corrected chi connectivity index (χ1v) is 9.49. The van der Waals surface area contributed by atoms with E-state index in [-0.39, 0.29) is 5.91 Å². The summed E-state index contributed by atoms with van der Waals surface area (Å²) in [6.45, 7) is 2.18. The minimum Gasteiger partial charge on any atom is -0.397 e. The highest BCUT2D eigenvalue weighted by Gasteiger charge is 2.21. The maximum atomic E-state index is 12.6. The number of nitrogen functional groups attached to an aromatic ring is 1. The van der Waals surface area contributed by atoms with Crippen molar-refractivity contribution in [2.75, 3.05) is 5.73 Å². The molecule has 1 saturated carbocycles. The smallest absolute Gasteiger partial charge is 0.263 e. The van der Waals surface area contributed by atoms with Crippen LogP contribution in [0.25, 0.3) is 10.2 Å². The summed E-state index contributed by atoms with van der Waals surface area (Å²) in [6, 6.07) is 4.34. The summed E-state index contributed by atoms with van der Waals surface area (Å²) < 4.78 is 0. The topological polar surface area (TPSA) is 68.0 Å². The van der Waals surface area contributed by atoms with E-state index in [2.05, 4.69) is 17.2 Å². The lowest BCUT2D eigenvalue weighted by Crippen LogP contribution is -2.36. The molecule has 1 aliphatic carbocycles. The van der Waals surface area contributed by atoms with Crippen LogP contribution in [0.5, 0.6) is 0 Å². The molecule has 1 fully saturated rings. The molecule has 0 aliphatic heterocycles.